The molecule has 6 heteroatoms. The molecule has 0 bridgehead atoms. The Bertz CT molecular complexity index is 579. The highest BCUT2D eigenvalue weighted by Crippen LogP contribution is 2.27. The first kappa shape index (κ1) is 16.9. The van der Waals surface area contributed by atoms with Crippen molar-refractivity contribution in [3.63, 3.8) is 0 Å². The van der Waals surface area contributed by atoms with Crippen molar-refractivity contribution in [2.24, 2.45) is 0 Å². The summed E-state index contributed by atoms with van der Waals surface area (Å²) in [6.45, 7) is 0.833. The van der Waals surface area contributed by atoms with Gasteiger partial charge in [0.1, 0.15) is 12.4 Å². The maximum atomic E-state index is 8.83. The lowest BCUT2D eigenvalue weighted by atomic mass is 10.2. The van der Waals surface area contributed by atoms with Crippen LogP contribution in [0.25, 0.3) is 0 Å². The summed E-state index contributed by atoms with van der Waals surface area (Å²) >= 11 is 0. The predicted octanol–water partition coefficient (Wildman–Crippen LogP) is 2.26. The monoisotopic (exact) mass is 309 g/mol. The van der Waals surface area contributed by atoms with Crippen molar-refractivity contribution in [2.75, 3.05) is 30.0 Å². The minimum atomic E-state index is -0.0287. The van der Waals surface area contributed by atoms with E-state index in [0.717, 1.165) is 16.9 Å². The molecule has 0 aromatic heterocycles. The summed E-state index contributed by atoms with van der Waals surface area (Å²) in [6.07, 6.45) is 0. The van der Waals surface area contributed by atoms with E-state index < -0.39 is 0 Å². The molecule has 114 valence electrons. The number of nitrogen functional groups attached to an aromatic ring is 2. The Balaban J connectivity index is 0.00000220. The molecule has 2 aromatic carbocycles. The number of halogens is 1. The van der Waals surface area contributed by atoms with E-state index in [4.69, 9.17) is 21.3 Å². The van der Waals surface area contributed by atoms with Crippen molar-refractivity contribution < 1.29 is 9.84 Å². The Kier molecular flexibility index (Phi) is 6.65. The summed E-state index contributed by atoms with van der Waals surface area (Å²) in [6, 6.07) is 13.0. The molecule has 0 saturated carbocycles. The largest absolute Gasteiger partial charge is 0.489 e. The number of nitrogens with one attached hydrogen (secondary N) is 1. The highest BCUT2D eigenvalue weighted by atomic mass is 35.5. The van der Waals surface area contributed by atoms with Crippen LogP contribution in [-0.4, -0.2) is 18.3 Å². The standard InChI is InChI=1S/C15H19N3O2.ClH/c16-12-3-1-2-11(8-12)10-18-14-9-13(17)4-5-15(14)20-7-6-19;/h1-5,8-9,18-19H,6-7,10,16-17H2;1H. The molecule has 21 heavy (non-hydrogen) atoms. The SMILES string of the molecule is Cl.Nc1cccc(CNc2cc(N)ccc2OCCO)c1. The highest BCUT2D eigenvalue weighted by Gasteiger charge is 2.04. The van der Waals surface area contributed by atoms with Gasteiger partial charge in [0.25, 0.3) is 0 Å². The van der Waals surface area contributed by atoms with Gasteiger partial charge in [-0.25, -0.2) is 0 Å². The maximum Gasteiger partial charge on any atom is 0.142 e. The molecule has 2 aromatic rings. The normalized spacial score (nSPS) is 9.76. The van der Waals surface area contributed by atoms with E-state index in [1.54, 1.807) is 18.2 Å². The molecule has 0 aliphatic rings. The third-order valence-corrected chi connectivity index (χ3v) is 2.79. The Hall–Kier alpha value is -2.11. The predicted molar refractivity (Wildman–Crippen MR) is 88.9 cm³/mol. The van der Waals surface area contributed by atoms with Crippen LogP contribution in [0.5, 0.6) is 5.75 Å². The lowest BCUT2D eigenvalue weighted by molar-refractivity contribution is 0.202. The molecule has 0 heterocycles. The summed E-state index contributed by atoms with van der Waals surface area (Å²) in [7, 11) is 0. The fourth-order valence-corrected chi connectivity index (χ4v) is 1.87. The molecule has 0 atom stereocenters. The van der Waals surface area contributed by atoms with E-state index in [0.29, 0.717) is 18.0 Å². The smallest absolute Gasteiger partial charge is 0.142 e. The Morgan fingerprint density at radius 2 is 1.81 bits per heavy atom. The maximum absolute atomic E-state index is 8.83. The molecular weight excluding hydrogens is 290 g/mol. The third kappa shape index (κ3) is 5.06. The third-order valence-electron chi connectivity index (χ3n) is 2.79. The van der Waals surface area contributed by atoms with Crippen LogP contribution >= 0.6 is 12.4 Å². The van der Waals surface area contributed by atoms with Gasteiger partial charge in [-0.2, -0.15) is 0 Å². The van der Waals surface area contributed by atoms with Crippen molar-refractivity contribution in [1.29, 1.82) is 0 Å². The van der Waals surface area contributed by atoms with Crippen molar-refractivity contribution in [3.8, 4) is 5.75 Å². The Labute approximate surface area is 130 Å². The van der Waals surface area contributed by atoms with Crippen molar-refractivity contribution >= 4 is 29.5 Å². The summed E-state index contributed by atoms with van der Waals surface area (Å²) in [5.41, 5.74) is 14.8. The molecule has 0 radical (unpaired) electrons. The number of rotatable bonds is 6. The van der Waals surface area contributed by atoms with Gasteiger partial charge in [0.2, 0.25) is 0 Å². The number of hydrogen-bond acceptors (Lipinski definition) is 5. The molecule has 0 aliphatic heterocycles. The molecule has 2 rings (SSSR count). The number of aliphatic hydroxyl groups excluding tert-OH is 1. The number of aliphatic hydroxyl groups is 1. The first-order valence-electron chi connectivity index (χ1n) is 6.40. The van der Waals surface area contributed by atoms with Crippen LogP contribution in [0.3, 0.4) is 0 Å². The van der Waals surface area contributed by atoms with Crippen LogP contribution < -0.4 is 21.5 Å². The van der Waals surface area contributed by atoms with Gasteiger partial charge in [-0.3, -0.25) is 0 Å². The number of nitrogens with two attached hydrogens (primary N) is 2. The topological polar surface area (TPSA) is 93.5 Å². The molecule has 0 amide bonds. The average Bonchev–Trinajstić information content (AvgIpc) is 2.44. The zero-order valence-electron chi connectivity index (χ0n) is 11.6. The van der Waals surface area contributed by atoms with Gasteiger partial charge in [-0.15, -0.1) is 12.4 Å². The summed E-state index contributed by atoms with van der Waals surface area (Å²) < 4.78 is 5.46. The van der Waals surface area contributed by atoms with E-state index in [2.05, 4.69) is 5.32 Å². The molecule has 0 fully saturated rings. The summed E-state index contributed by atoms with van der Waals surface area (Å²) in [5, 5.41) is 12.1. The van der Waals surface area contributed by atoms with Crippen LogP contribution in [0.2, 0.25) is 0 Å². The van der Waals surface area contributed by atoms with Gasteiger partial charge >= 0.3 is 0 Å². The lowest BCUT2D eigenvalue weighted by Gasteiger charge is -2.13. The van der Waals surface area contributed by atoms with Gasteiger partial charge in [-0.1, -0.05) is 12.1 Å². The van der Waals surface area contributed by atoms with Crippen molar-refractivity contribution in [2.45, 2.75) is 6.54 Å². The first-order valence-corrected chi connectivity index (χ1v) is 6.40. The number of anilines is 3. The average molecular weight is 310 g/mol. The fraction of sp³-hybridized carbons (Fsp3) is 0.200. The minimum absolute atomic E-state index is 0. The van der Waals surface area contributed by atoms with Crippen molar-refractivity contribution in [1.82, 2.24) is 0 Å². The second-order valence-corrected chi connectivity index (χ2v) is 4.43. The number of ether oxygens (including phenoxy) is 1. The van der Waals surface area contributed by atoms with E-state index in [-0.39, 0.29) is 25.6 Å². The Morgan fingerprint density at radius 3 is 2.52 bits per heavy atom. The van der Waals surface area contributed by atoms with Gasteiger partial charge in [-0.05, 0) is 35.9 Å². The molecule has 6 N–H and O–H groups in total. The van der Waals surface area contributed by atoms with Crippen LogP contribution in [0.1, 0.15) is 5.56 Å². The second kappa shape index (κ2) is 8.24. The molecule has 0 aliphatic carbocycles. The molecule has 0 unspecified atom stereocenters. The summed E-state index contributed by atoms with van der Waals surface area (Å²) in [5.74, 6) is 0.664. The molecule has 0 saturated heterocycles. The van der Waals surface area contributed by atoms with E-state index in [9.17, 15) is 0 Å². The van der Waals surface area contributed by atoms with E-state index >= 15 is 0 Å². The number of benzene rings is 2. The van der Waals surface area contributed by atoms with Crippen LogP contribution in [0.15, 0.2) is 42.5 Å². The minimum Gasteiger partial charge on any atom is -0.489 e. The van der Waals surface area contributed by atoms with Gasteiger partial charge in [0.15, 0.2) is 0 Å². The molecule has 5 nitrogen and oxygen atoms in total. The molecular formula is C15H20ClN3O2. The highest BCUT2D eigenvalue weighted by molar-refractivity contribution is 5.85. The van der Waals surface area contributed by atoms with Gasteiger partial charge < -0.3 is 26.6 Å². The van der Waals surface area contributed by atoms with Crippen LogP contribution in [-0.2, 0) is 6.54 Å². The van der Waals surface area contributed by atoms with Crippen LogP contribution in [0.4, 0.5) is 17.1 Å². The van der Waals surface area contributed by atoms with Crippen LogP contribution in [0, 0.1) is 0 Å². The molecule has 0 spiro atoms. The van der Waals surface area contributed by atoms with Gasteiger partial charge in [0.05, 0.1) is 12.3 Å². The van der Waals surface area contributed by atoms with Gasteiger partial charge in [0, 0.05) is 17.9 Å². The summed E-state index contributed by atoms with van der Waals surface area (Å²) in [4.78, 5) is 0. The first-order chi connectivity index (χ1) is 9.69. The van der Waals surface area contributed by atoms with E-state index in [1.807, 2.05) is 24.3 Å². The van der Waals surface area contributed by atoms with Crippen molar-refractivity contribution in [3.05, 3.63) is 48.0 Å². The van der Waals surface area contributed by atoms with E-state index in [1.165, 1.54) is 0 Å². The second-order valence-electron chi connectivity index (χ2n) is 4.43. The zero-order chi connectivity index (χ0) is 14.4. The number of hydrogen-bond donors (Lipinski definition) is 4. The quantitative estimate of drug-likeness (QED) is 0.614. The fourth-order valence-electron chi connectivity index (χ4n) is 1.87. The zero-order valence-corrected chi connectivity index (χ0v) is 12.4. The Morgan fingerprint density at radius 1 is 1.05 bits per heavy atom. The lowest BCUT2D eigenvalue weighted by Crippen LogP contribution is -2.06.